The molecule has 1 atom stereocenters. The molecule has 3 aromatic carbocycles. The van der Waals surface area contributed by atoms with Crippen molar-refractivity contribution in [1.82, 2.24) is 14.8 Å². The number of carbonyl (C=O) groups excluding carboxylic acids is 1. The fourth-order valence-corrected chi connectivity index (χ4v) is 4.01. The number of aromatic amines is 1. The minimum atomic E-state index is -0.226. The van der Waals surface area contributed by atoms with Gasteiger partial charge in [-0.1, -0.05) is 65.7 Å². The van der Waals surface area contributed by atoms with Crippen molar-refractivity contribution >= 4 is 41.1 Å². The molecule has 0 fully saturated rings. The van der Waals surface area contributed by atoms with Crippen molar-refractivity contribution in [2.45, 2.75) is 26.4 Å². The number of anilines is 2. The predicted octanol–water partition coefficient (Wildman–Crippen LogP) is 6.38. The molecule has 0 bridgehead atoms. The maximum absolute atomic E-state index is 12.8. The van der Waals surface area contributed by atoms with Gasteiger partial charge in [-0.25, -0.2) is 0 Å². The molecule has 1 heterocycles. The molecule has 0 saturated carbocycles. The number of H-pyrrole nitrogens is 1. The van der Waals surface area contributed by atoms with Gasteiger partial charge in [-0.15, -0.1) is 0 Å². The Labute approximate surface area is 202 Å². The quantitative estimate of drug-likeness (QED) is 0.270. The Balaban J connectivity index is 1.45. The zero-order valence-corrected chi connectivity index (χ0v) is 19.9. The van der Waals surface area contributed by atoms with Gasteiger partial charge >= 0.3 is 0 Å². The summed E-state index contributed by atoms with van der Waals surface area (Å²) >= 11 is 11.8. The van der Waals surface area contributed by atoms with Crippen LogP contribution in [0.15, 0.2) is 72.8 Å². The van der Waals surface area contributed by atoms with Gasteiger partial charge < -0.3 is 10.6 Å². The number of nitrogens with one attached hydrogen (secondary N) is 3. The summed E-state index contributed by atoms with van der Waals surface area (Å²) in [6.07, 6.45) is 0. The zero-order valence-electron chi connectivity index (χ0n) is 18.3. The van der Waals surface area contributed by atoms with E-state index in [1.165, 1.54) is 0 Å². The summed E-state index contributed by atoms with van der Waals surface area (Å²) in [6, 6.07) is 23.5. The van der Waals surface area contributed by atoms with Crippen LogP contribution in [-0.2, 0) is 11.3 Å². The van der Waals surface area contributed by atoms with E-state index in [4.69, 9.17) is 23.8 Å². The molecule has 1 amide bonds. The highest BCUT2D eigenvalue weighted by Gasteiger charge is 2.14. The highest BCUT2D eigenvalue weighted by Crippen LogP contribution is 2.29. The molecule has 1 unspecified atom stereocenters. The van der Waals surface area contributed by atoms with E-state index in [0.29, 0.717) is 21.3 Å². The van der Waals surface area contributed by atoms with Crippen molar-refractivity contribution in [3.05, 3.63) is 93.7 Å². The van der Waals surface area contributed by atoms with Crippen molar-refractivity contribution in [2.75, 3.05) is 10.6 Å². The van der Waals surface area contributed by atoms with Gasteiger partial charge in [0.1, 0.15) is 6.54 Å². The topological polar surface area (TPSA) is 74.7 Å². The van der Waals surface area contributed by atoms with Crippen LogP contribution >= 0.6 is 23.8 Å². The third-order valence-electron chi connectivity index (χ3n) is 5.26. The van der Waals surface area contributed by atoms with Crippen LogP contribution in [0.1, 0.15) is 24.1 Å². The maximum Gasteiger partial charge on any atom is 0.244 e. The number of aromatic nitrogens is 3. The van der Waals surface area contributed by atoms with E-state index in [9.17, 15) is 4.79 Å². The Morgan fingerprint density at radius 1 is 1.12 bits per heavy atom. The number of halogens is 1. The van der Waals surface area contributed by atoms with E-state index in [1.54, 1.807) is 10.6 Å². The number of nitrogens with zero attached hydrogens (tertiary/aromatic N) is 2. The van der Waals surface area contributed by atoms with E-state index in [-0.39, 0.29) is 18.5 Å². The average molecular weight is 478 g/mol. The molecule has 8 heteroatoms. The van der Waals surface area contributed by atoms with Crippen molar-refractivity contribution in [1.29, 1.82) is 0 Å². The van der Waals surface area contributed by atoms with E-state index in [2.05, 4.69) is 39.9 Å². The molecule has 4 aromatic rings. The third-order valence-corrected chi connectivity index (χ3v) is 5.89. The van der Waals surface area contributed by atoms with Gasteiger partial charge in [-0.3, -0.25) is 14.5 Å². The van der Waals surface area contributed by atoms with Gasteiger partial charge in [0, 0.05) is 17.3 Å². The largest absolute Gasteiger partial charge is 0.377 e. The van der Waals surface area contributed by atoms with Gasteiger partial charge in [0.15, 0.2) is 10.6 Å². The lowest BCUT2D eigenvalue weighted by atomic mass is 10.1. The molecule has 0 aliphatic rings. The fourth-order valence-electron chi connectivity index (χ4n) is 3.58. The van der Waals surface area contributed by atoms with Crippen LogP contribution < -0.4 is 10.6 Å². The zero-order chi connectivity index (χ0) is 23.4. The van der Waals surface area contributed by atoms with Gasteiger partial charge in [0.2, 0.25) is 5.91 Å². The maximum atomic E-state index is 12.8. The predicted molar refractivity (Wildman–Crippen MR) is 136 cm³/mol. The first-order valence-corrected chi connectivity index (χ1v) is 11.3. The number of hydrogen-bond acceptors (Lipinski definition) is 4. The first kappa shape index (κ1) is 22.8. The molecule has 33 heavy (non-hydrogen) atoms. The average Bonchev–Trinajstić information content (AvgIpc) is 3.16. The number of amides is 1. The van der Waals surface area contributed by atoms with Crippen molar-refractivity contribution in [3.8, 4) is 11.4 Å². The van der Waals surface area contributed by atoms with E-state index < -0.39 is 0 Å². The first-order chi connectivity index (χ1) is 15.9. The third kappa shape index (κ3) is 5.50. The highest BCUT2D eigenvalue weighted by atomic mass is 35.5. The second-order valence-electron chi connectivity index (χ2n) is 7.83. The van der Waals surface area contributed by atoms with Gasteiger partial charge in [0.05, 0.1) is 10.7 Å². The molecule has 3 N–H and O–H groups in total. The summed E-state index contributed by atoms with van der Waals surface area (Å²) in [7, 11) is 0. The number of hydrogen-bond donors (Lipinski definition) is 3. The molecule has 0 spiro atoms. The number of benzene rings is 3. The Morgan fingerprint density at radius 2 is 1.91 bits per heavy atom. The lowest BCUT2D eigenvalue weighted by molar-refractivity contribution is -0.116. The van der Waals surface area contributed by atoms with Gasteiger partial charge in [0.25, 0.3) is 0 Å². The normalized spacial score (nSPS) is 11.7. The minimum absolute atomic E-state index is 0.0290. The highest BCUT2D eigenvalue weighted by molar-refractivity contribution is 7.71. The van der Waals surface area contributed by atoms with E-state index in [1.807, 2.05) is 61.5 Å². The molecule has 1 aromatic heterocycles. The summed E-state index contributed by atoms with van der Waals surface area (Å²) in [4.78, 5) is 12.8. The summed E-state index contributed by atoms with van der Waals surface area (Å²) in [5.41, 5.74) is 4.55. The monoisotopic (exact) mass is 477 g/mol. The van der Waals surface area contributed by atoms with Gasteiger partial charge in [-0.05, 0) is 55.9 Å². The minimum Gasteiger partial charge on any atom is -0.377 e. The lowest BCUT2D eigenvalue weighted by Crippen LogP contribution is -2.19. The standard InChI is InChI=1S/C25H24ClN5OS/c1-16-7-6-10-19(13-16)24-29-30-25(33)31(24)15-23(32)28-20-11-12-22(21(26)14-20)27-17(2)18-8-4-3-5-9-18/h3-14,17,27H,15H2,1-2H3,(H,28,32)(H,30,33). The Bertz CT molecular complexity index is 1330. The number of carbonyl (C=O) groups is 1. The van der Waals surface area contributed by atoms with E-state index in [0.717, 1.165) is 22.4 Å². The summed E-state index contributed by atoms with van der Waals surface area (Å²) in [5, 5.41) is 13.9. The van der Waals surface area contributed by atoms with Crippen molar-refractivity contribution < 1.29 is 4.79 Å². The molecular formula is C25H24ClN5OS. The Morgan fingerprint density at radius 3 is 2.64 bits per heavy atom. The van der Waals surface area contributed by atoms with Crippen molar-refractivity contribution in [3.63, 3.8) is 0 Å². The number of aryl methyl sites for hydroxylation is 1. The molecule has 168 valence electrons. The van der Waals surface area contributed by atoms with Crippen LogP contribution in [0.2, 0.25) is 5.02 Å². The lowest BCUT2D eigenvalue weighted by Gasteiger charge is -2.17. The molecule has 0 aliphatic heterocycles. The smallest absolute Gasteiger partial charge is 0.244 e. The first-order valence-electron chi connectivity index (χ1n) is 10.5. The summed E-state index contributed by atoms with van der Waals surface area (Å²) in [6.45, 7) is 4.10. The Hall–Kier alpha value is -3.42. The van der Waals surface area contributed by atoms with Crippen LogP contribution in [0.4, 0.5) is 11.4 Å². The van der Waals surface area contributed by atoms with Crippen LogP contribution in [0.5, 0.6) is 0 Å². The molecule has 0 aliphatic carbocycles. The molecule has 6 nitrogen and oxygen atoms in total. The molecule has 0 saturated heterocycles. The van der Waals surface area contributed by atoms with E-state index >= 15 is 0 Å². The van der Waals surface area contributed by atoms with Crippen LogP contribution in [0.25, 0.3) is 11.4 Å². The number of rotatable bonds is 7. The molecular weight excluding hydrogens is 454 g/mol. The van der Waals surface area contributed by atoms with Gasteiger partial charge in [-0.2, -0.15) is 5.10 Å². The van der Waals surface area contributed by atoms with Crippen LogP contribution in [0.3, 0.4) is 0 Å². The second kappa shape index (κ2) is 10.0. The summed E-state index contributed by atoms with van der Waals surface area (Å²) in [5.74, 6) is 0.391. The van der Waals surface area contributed by atoms with Crippen LogP contribution in [-0.4, -0.2) is 20.7 Å². The molecule has 4 rings (SSSR count). The second-order valence-corrected chi connectivity index (χ2v) is 8.62. The fraction of sp³-hybridized carbons (Fsp3) is 0.160. The SMILES string of the molecule is Cc1cccc(-c2n[nH]c(=S)n2CC(=O)Nc2ccc(NC(C)c3ccccc3)c(Cl)c2)c1. The van der Waals surface area contributed by atoms with Crippen LogP contribution in [0, 0.1) is 11.7 Å². The van der Waals surface area contributed by atoms with Crippen molar-refractivity contribution in [2.24, 2.45) is 0 Å². The molecule has 0 radical (unpaired) electrons. The summed E-state index contributed by atoms with van der Waals surface area (Å²) < 4.78 is 2.06. The Kier molecular flexibility index (Phi) is 6.91.